The minimum absolute atomic E-state index is 0.0395. The van der Waals surface area contributed by atoms with E-state index in [1.807, 2.05) is 60.1 Å². The van der Waals surface area contributed by atoms with Gasteiger partial charge in [-0.05, 0) is 55.5 Å². The quantitative estimate of drug-likeness (QED) is 0.328. The summed E-state index contributed by atoms with van der Waals surface area (Å²) in [6.45, 7) is 4.07. The summed E-state index contributed by atoms with van der Waals surface area (Å²) in [4.78, 5) is 31.0. The molecular formula is C28H25N5O. The van der Waals surface area contributed by atoms with Crippen molar-refractivity contribution in [3.8, 4) is 11.3 Å². The van der Waals surface area contributed by atoms with Crippen molar-refractivity contribution in [2.75, 3.05) is 0 Å². The lowest BCUT2D eigenvalue weighted by molar-refractivity contribution is 0.0987. The van der Waals surface area contributed by atoms with Crippen molar-refractivity contribution < 1.29 is 4.79 Å². The molecule has 0 aliphatic rings. The highest BCUT2D eigenvalue weighted by molar-refractivity contribution is 5.96. The molecule has 0 saturated carbocycles. The lowest BCUT2D eigenvalue weighted by Gasteiger charge is -2.09. The zero-order chi connectivity index (χ0) is 23.5. The van der Waals surface area contributed by atoms with E-state index in [0.29, 0.717) is 18.5 Å². The van der Waals surface area contributed by atoms with Crippen LogP contribution < -0.4 is 0 Å². The van der Waals surface area contributed by atoms with Crippen molar-refractivity contribution in [2.45, 2.75) is 33.1 Å². The van der Waals surface area contributed by atoms with Crippen molar-refractivity contribution >= 4 is 11.4 Å². The Labute approximate surface area is 198 Å². The van der Waals surface area contributed by atoms with Crippen LogP contribution in [-0.2, 0) is 19.3 Å². The number of aromatic nitrogens is 5. The molecule has 0 spiro atoms. The first-order valence-corrected chi connectivity index (χ1v) is 11.3. The SMILES string of the molecule is Cc1cc(-c2ncc(CCc3nccn4c(C(=O)Cc5ccccc5)cnc34)cc2C)ccn1. The minimum atomic E-state index is 0.0395. The highest BCUT2D eigenvalue weighted by atomic mass is 16.1. The number of pyridine rings is 2. The second-order valence-electron chi connectivity index (χ2n) is 8.49. The van der Waals surface area contributed by atoms with Crippen LogP contribution >= 0.6 is 0 Å². The molecule has 6 nitrogen and oxygen atoms in total. The Bertz CT molecular complexity index is 1470. The molecule has 0 aliphatic carbocycles. The van der Waals surface area contributed by atoms with Gasteiger partial charge in [0, 0.05) is 42.5 Å². The van der Waals surface area contributed by atoms with Crippen LogP contribution in [0.2, 0.25) is 0 Å². The Hall–Kier alpha value is -4.19. The van der Waals surface area contributed by atoms with E-state index >= 15 is 0 Å². The molecular weight excluding hydrogens is 422 g/mol. The molecule has 168 valence electrons. The molecule has 0 aliphatic heterocycles. The number of carbonyl (C=O) groups is 1. The molecule has 6 heteroatoms. The van der Waals surface area contributed by atoms with Gasteiger partial charge in [0.05, 0.1) is 17.6 Å². The predicted molar refractivity (Wildman–Crippen MR) is 132 cm³/mol. The van der Waals surface area contributed by atoms with Crippen LogP contribution in [0.3, 0.4) is 0 Å². The second-order valence-corrected chi connectivity index (χ2v) is 8.49. The number of carbonyl (C=O) groups excluding carboxylic acids is 1. The first kappa shape index (κ1) is 21.6. The topological polar surface area (TPSA) is 73.0 Å². The summed E-state index contributed by atoms with van der Waals surface area (Å²) in [6.07, 6.45) is 10.8. The van der Waals surface area contributed by atoms with E-state index in [0.717, 1.165) is 51.4 Å². The van der Waals surface area contributed by atoms with Gasteiger partial charge in [0.15, 0.2) is 11.4 Å². The first-order chi connectivity index (χ1) is 16.6. The maximum atomic E-state index is 12.9. The smallest absolute Gasteiger partial charge is 0.185 e. The third-order valence-corrected chi connectivity index (χ3v) is 5.95. The highest BCUT2D eigenvalue weighted by Gasteiger charge is 2.15. The average molecular weight is 448 g/mol. The Morgan fingerprint density at radius 1 is 0.853 bits per heavy atom. The second kappa shape index (κ2) is 9.35. The Kier molecular flexibility index (Phi) is 5.95. The number of nitrogens with zero attached hydrogens (tertiary/aromatic N) is 5. The van der Waals surface area contributed by atoms with Crippen molar-refractivity contribution in [1.29, 1.82) is 0 Å². The van der Waals surface area contributed by atoms with Crippen LogP contribution in [0.5, 0.6) is 0 Å². The number of fused-ring (bicyclic) bond motifs is 1. The minimum Gasteiger partial charge on any atom is -0.294 e. The summed E-state index contributed by atoms with van der Waals surface area (Å²) in [6, 6.07) is 16.0. The summed E-state index contributed by atoms with van der Waals surface area (Å²) in [5, 5.41) is 0. The zero-order valence-electron chi connectivity index (χ0n) is 19.3. The summed E-state index contributed by atoms with van der Waals surface area (Å²) in [7, 11) is 0. The number of hydrogen-bond acceptors (Lipinski definition) is 5. The van der Waals surface area contributed by atoms with E-state index in [2.05, 4.69) is 34.0 Å². The van der Waals surface area contributed by atoms with E-state index in [1.54, 1.807) is 18.6 Å². The van der Waals surface area contributed by atoms with Crippen molar-refractivity contribution in [2.24, 2.45) is 0 Å². The number of rotatable bonds is 7. The Morgan fingerprint density at radius 2 is 1.71 bits per heavy atom. The van der Waals surface area contributed by atoms with Gasteiger partial charge in [-0.1, -0.05) is 36.4 Å². The van der Waals surface area contributed by atoms with Gasteiger partial charge >= 0.3 is 0 Å². The fourth-order valence-electron chi connectivity index (χ4n) is 4.25. The Morgan fingerprint density at radius 3 is 2.50 bits per heavy atom. The molecule has 0 saturated heterocycles. The average Bonchev–Trinajstić information content (AvgIpc) is 3.28. The van der Waals surface area contributed by atoms with Gasteiger partial charge in [-0.2, -0.15) is 0 Å². The third kappa shape index (κ3) is 4.48. The van der Waals surface area contributed by atoms with Gasteiger partial charge in [-0.15, -0.1) is 0 Å². The molecule has 0 bridgehead atoms. The number of ketones is 1. The Balaban J connectivity index is 1.34. The van der Waals surface area contributed by atoms with Crippen molar-refractivity contribution in [3.63, 3.8) is 0 Å². The van der Waals surface area contributed by atoms with Crippen LogP contribution in [0.4, 0.5) is 0 Å². The molecule has 0 unspecified atom stereocenters. The van der Waals surface area contributed by atoms with Crippen LogP contribution in [-0.4, -0.2) is 30.1 Å². The summed E-state index contributed by atoms with van der Waals surface area (Å²) < 4.78 is 1.85. The number of Topliss-reactive ketones (excluding diaryl/α,β-unsaturated/α-hetero) is 1. The predicted octanol–water partition coefficient (Wildman–Crippen LogP) is 5.01. The van der Waals surface area contributed by atoms with Crippen LogP contribution in [0.15, 0.2) is 79.5 Å². The van der Waals surface area contributed by atoms with Crippen LogP contribution in [0.1, 0.15) is 38.6 Å². The lowest BCUT2D eigenvalue weighted by Crippen LogP contribution is -2.08. The van der Waals surface area contributed by atoms with E-state index in [9.17, 15) is 4.79 Å². The first-order valence-electron chi connectivity index (χ1n) is 11.3. The molecule has 5 rings (SSSR count). The molecule has 0 amide bonds. The molecule has 4 aromatic heterocycles. The van der Waals surface area contributed by atoms with Crippen LogP contribution in [0, 0.1) is 13.8 Å². The number of aryl methyl sites for hydroxylation is 4. The molecule has 34 heavy (non-hydrogen) atoms. The highest BCUT2D eigenvalue weighted by Crippen LogP contribution is 2.22. The fourth-order valence-corrected chi connectivity index (χ4v) is 4.25. The van der Waals surface area contributed by atoms with Gasteiger partial charge < -0.3 is 0 Å². The zero-order valence-corrected chi connectivity index (χ0v) is 19.3. The number of benzene rings is 1. The van der Waals surface area contributed by atoms with E-state index in [1.165, 1.54) is 0 Å². The summed E-state index contributed by atoms with van der Waals surface area (Å²) >= 11 is 0. The monoisotopic (exact) mass is 447 g/mol. The maximum absolute atomic E-state index is 12.9. The van der Waals surface area contributed by atoms with Crippen molar-refractivity contribution in [3.05, 3.63) is 113 Å². The van der Waals surface area contributed by atoms with E-state index < -0.39 is 0 Å². The van der Waals surface area contributed by atoms with Crippen molar-refractivity contribution in [1.82, 2.24) is 24.3 Å². The fraction of sp³-hybridized carbons (Fsp3) is 0.179. The normalized spacial score (nSPS) is 11.1. The van der Waals surface area contributed by atoms with E-state index in [4.69, 9.17) is 4.98 Å². The molecule has 0 atom stereocenters. The maximum Gasteiger partial charge on any atom is 0.185 e. The van der Waals surface area contributed by atoms with Gasteiger partial charge in [-0.3, -0.25) is 24.1 Å². The van der Waals surface area contributed by atoms with Gasteiger partial charge in [0.2, 0.25) is 0 Å². The number of hydrogen-bond donors (Lipinski definition) is 0. The molecule has 4 heterocycles. The third-order valence-electron chi connectivity index (χ3n) is 5.95. The number of imidazole rings is 1. The lowest BCUT2D eigenvalue weighted by atomic mass is 10.0. The van der Waals surface area contributed by atoms with Crippen LogP contribution in [0.25, 0.3) is 16.9 Å². The molecule has 5 aromatic rings. The van der Waals surface area contributed by atoms with E-state index in [-0.39, 0.29) is 5.78 Å². The molecule has 0 fully saturated rings. The molecule has 1 aromatic carbocycles. The summed E-state index contributed by atoms with van der Waals surface area (Å²) in [5.41, 5.74) is 8.47. The molecule has 0 radical (unpaired) electrons. The summed E-state index contributed by atoms with van der Waals surface area (Å²) in [5.74, 6) is 0.0395. The molecule has 0 N–H and O–H groups in total. The standard InChI is InChI=1S/C28H25N5O/c1-19-14-22(17-31-27(19)23-10-11-29-20(2)15-23)8-9-24-28-32-18-25(33(28)13-12-30-24)26(34)16-21-6-4-3-5-7-21/h3-7,10-15,17-18H,8-9,16H2,1-2H3. The van der Waals surface area contributed by atoms with Gasteiger partial charge in [0.1, 0.15) is 5.69 Å². The van der Waals surface area contributed by atoms with Gasteiger partial charge in [-0.25, -0.2) is 4.98 Å². The largest absolute Gasteiger partial charge is 0.294 e. The van der Waals surface area contributed by atoms with Gasteiger partial charge in [0.25, 0.3) is 0 Å².